The van der Waals surface area contributed by atoms with E-state index in [4.69, 9.17) is 0 Å². The van der Waals surface area contributed by atoms with Gasteiger partial charge < -0.3 is 4.90 Å². The van der Waals surface area contributed by atoms with Crippen molar-refractivity contribution in [1.82, 2.24) is 24.5 Å². The summed E-state index contributed by atoms with van der Waals surface area (Å²) < 4.78 is 3.24. The number of amides is 1. The molecule has 1 aliphatic rings. The van der Waals surface area contributed by atoms with Crippen LogP contribution in [0.2, 0.25) is 0 Å². The van der Waals surface area contributed by atoms with E-state index in [2.05, 4.69) is 10.2 Å². The molecule has 1 atom stereocenters. The summed E-state index contributed by atoms with van der Waals surface area (Å²) in [6.45, 7) is 3.91. The van der Waals surface area contributed by atoms with Gasteiger partial charge >= 0.3 is 0 Å². The summed E-state index contributed by atoms with van der Waals surface area (Å²) in [5.41, 5.74) is 0.176. The number of carbonyl (C=O) groups excluding carboxylic acids is 1. The summed E-state index contributed by atoms with van der Waals surface area (Å²) in [5, 5.41) is 8.50. The molecule has 1 amide bonds. The minimum absolute atomic E-state index is 0.100. The average Bonchev–Trinajstić information content (AvgIpc) is 3.10. The third-order valence-corrected chi connectivity index (χ3v) is 4.37. The number of likely N-dealkylation sites (tertiary alicyclic amines) is 1. The highest BCUT2D eigenvalue weighted by Gasteiger charge is 2.29. The molecule has 24 heavy (non-hydrogen) atoms. The van der Waals surface area contributed by atoms with Gasteiger partial charge in [0.15, 0.2) is 0 Å². The Balaban J connectivity index is 1.81. The molecular formula is C17H23N5O2. The molecule has 0 bridgehead atoms. The predicted octanol–water partition coefficient (Wildman–Crippen LogP) is 1.54. The SMILES string of the molecule is CCCn1nc(C(=O)N2CCCC[C@@H]2Cn2cccn2)ccc1=O. The Morgan fingerprint density at radius 3 is 2.96 bits per heavy atom. The Hall–Kier alpha value is -2.44. The van der Waals surface area contributed by atoms with Gasteiger partial charge in [0.1, 0.15) is 5.69 Å². The van der Waals surface area contributed by atoms with E-state index in [0.29, 0.717) is 18.8 Å². The Kier molecular flexibility index (Phi) is 5.08. The summed E-state index contributed by atoms with van der Waals surface area (Å²) in [6.07, 6.45) is 7.53. The number of aromatic nitrogens is 4. The summed E-state index contributed by atoms with van der Waals surface area (Å²) >= 11 is 0. The van der Waals surface area contributed by atoms with Crippen LogP contribution in [0.3, 0.4) is 0 Å². The van der Waals surface area contributed by atoms with Crippen molar-refractivity contribution >= 4 is 5.91 Å². The van der Waals surface area contributed by atoms with Gasteiger partial charge in [0, 0.05) is 31.5 Å². The second-order valence-corrected chi connectivity index (χ2v) is 6.16. The first kappa shape index (κ1) is 16.4. The van der Waals surface area contributed by atoms with Crippen molar-refractivity contribution in [1.29, 1.82) is 0 Å². The molecule has 1 aliphatic heterocycles. The van der Waals surface area contributed by atoms with E-state index < -0.39 is 0 Å². The first-order chi connectivity index (χ1) is 11.7. The Morgan fingerprint density at radius 2 is 2.21 bits per heavy atom. The second-order valence-electron chi connectivity index (χ2n) is 6.16. The maximum absolute atomic E-state index is 12.9. The smallest absolute Gasteiger partial charge is 0.274 e. The quantitative estimate of drug-likeness (QED) is 0.834. The lowest BCUT2D eigenvalue weighted by atomic mass is 10.0. The zero-order chi connectivity index (χ0) is 16.9. The van der Waals surface area contributed by atoms with Crippen molar-refractivity contribution in [2.45, 2.75) is 51.7 Å². The molecule has 0 radical (unpaired) electrons. The third kappa shape index (κ3) is 3.55. The number of hydrogen-bond donors (Lipinski definition) is 0. The van der Waals surface area contributed by atoms with E-state index in [1.54, 1.807) is 6.20 Å². The molecule has 7 nitrogen and oxygen atoms in total. The van der Waals surface area contributed by atoms with Crippen molar-refractivity contribution < 1.29 is 4.79 Å². The van der Waals surface area contributed by atoms with Gasteiger partial charge in [-0.2, -0.15) is 10.2 Å². The van der Waals surface area contributed by atoms with Crippen LogP contribution in [-0.4, -0.2) is 43.0 Å². The summed E-state index contributed by atoms with van der Waals surface area (Å²) in [5.74, 6) is -0.100. The van der Waals surface area contributed by atoms with Crippen LogP contribution in [0.1, 0.15) is 43.1 Å². The molecule has 1 fully saturated rings. The van der Waals surface area contributed by atoms with Crippen LogP contribution in [0.5, 0.6) is 0 Å². The highest BCUT2D eigenvalue weighted by atomic mass is 16.2. The van der Waals surface area contributed by atoms with Gasteiger partial charge in [0.05, 0.1) is 12.6 Å². The highest BCUT2D eigenvalue weighted by molar-refractivity contribution is 5.92. The van der Waals surface area contributed by atoms with Crippen LogP contribution in [-0.2, 0) is 13.1 Å². The first-order valence-corrected chi connectivity index (χ1v) is 8.55. The molecule has 0 saturated carbocycles. The lowest BCUT2D eigenvalue weighted by Gasteiger charge is -2.35. The first-order valence-electron chi connectivity index (χ1n) is 8.55. The fraction of sp³-hybridized carbons (Fsp3) is 0.529. The molecule has 3 rings (SSSR count). The number of nitrogens with zero attached hydrogens (tertiary/aromatic N) is 5. The molecule has 0 unspecified atom stereocenters. The Morgan fingerprint density at radius 1 is 1.33 bits per heavy atom. The van der Waals surface area contributed by atoms with Crippen LogP contribution in [0.4, 0.5) is 0 Å². The topological polar surface area (TPSA) is 73.0 Å². The Labute approximate surface area is 140 Å². The monoisotopic (exact) mass is 329 g/mol. The molecule has 0 aromatic carbocycles. The van der Waals surface area contributed by atoms with Gasteiger partial charge in [-0.1, -0.05) is 6.92 Å². The van der Waals surface area contributed by atoms with Crippen LogP contribution in [0, 0.1) is 0 Å². The van der Waals surface area contributed by atoms with Gasteiger partial charge in [-0.3, -0.25) is 14.3 Å². The summed E-state index contributed by atoms with van der Waals surface area (Å²) in [7, 11) is 0. The molecule has 1 saturated heterocycles. The standard InChI is InChI=1S/C17H23N5O2/c1-2-10-22-16(23)8-7-15(19-22)17(24)21-12-4-3-6-14(21)13-20-11-5-9-18-20/h5,7-9,11,14H,2-4,6,10,12-13H2,1H3/t14-/m1/s1. The van der Waals surface area contributed by atoms with E-state index in [0.717, 1.165) is 32.2 Å². The molecule has 2 aromatic heterocycles. The third-order valence-electron chi connectivity index (χ3n) is 4.37. The van der Waals surface area contributed by atoms with Crippen molar-refractivity contribution in [2.75, 3.05) is 6.54 Å². The summed E-state index contributed by atoms with van der Waals surface area (Å²) in [6, 6.07) is 4.97. The van der Waals surface area contributed by atoms with Crippen LogP contribution < -0.4 is 5.56 Å². The van der Waals surface area contributed by atoms with Gasteiger partial charge in [-0.05, 0) is 37.8 Å². The van der Waals surface area contributed by atoms with Crippen molar-refractivity contribution in [2.24, 2.45) is 0 Å². The van der Waals surface area contributed by atoms with Gasteiger partial charge in [0.2, 0.25) is 0 Å². The summed E-state index contributed by atoms with van der Waals surface area (Å²) in [4.78, 5) is 26.6. The molecule has 0 aliphatic carbocycles. The Bertz CT molecular complexity index is 738. The van der Waals surface area contributed by atoms with E-state index in [1.165, 1.54) is 16.8 Å². The fourth-order valence-corrected chi connectivity index (χ4v) is 3.16. The van der Waals surface area contributed by atoms with Crippen molar-refractivity contribution in [3.8, 4) is 0 Å². The molecule has 7 heteroatoms. The molecule has 3 heterocycles. The van der Waals surface area contributed by atoms with Crippen LogP contribution in [0.25, 0.3) is 0 Å². The molecule has 0 spiro atoms. The number of rotatable bonds is 5. The van der Waals surface area contributed by atoms with E-state index in [-0.39, 0.29) is 17.5 Å². The average molecular weight is 329 g/mol. The van der Waals surface area contributed by atoms with E-state index in [9.17, 15) is 9.59 Å². The lowest BCUT2D eigenvalue weighted by Crippen LogP contribution is -2.46. The van der Waals surface area contributed by atoms with Gasteiger partial charge in [-0.15, -0.1) is 0 Å². The fourth-order valence-electron chi connectivity index (χ4n) is 3.16. The van der Waals surface area contributed by atoms with E-state index >= 15 is 0 Å². The van der Waals surface area contributed by atoms with E-state index in [1.807, 2.05) is 28.8 Å². The number of hydrogen-bond acceptors (Lipinski definition) is 4. The predicted molar refractivity (Wildman–Crippen MR) is 89.7 cm³/mol. The second kappa shape index (κ2) is 7.42. The maximum atomic E-state index is 12.9. The molecule has 2 aromatic rings. The van der Waals surface area contributed by atoms with Crippen molar-refractivity contribution in [3.63, 3.8) is 0 Å². The molecule has 128 valence electrons. The number of carbonyl (C=O) groups is 1. The lowest BCUT2D eigenvalue weighted by molar-refractivity contribution is 0.0575. The van der Waals surface area contributed by atoms with Crippen LogP contribution >= 0.6 is 0 Å². The zero-order valence-electron chi connectivity index (χ0n) is 14.0. The van der Waals surface area contributed by atoms with Gasteiger partial charge in [0.25, 0.3) is 11.5 Å². The van der Waals surface area contributed by atoms with Gasteiger partial charge in [-0.25, -0.2) is 4.68 Å². The largest absolute Gasteiger partial charge is 0.332 e. The molecular weight excluding hydrogens is 306 g/mol. The normalized spacial score (nSPS) is 17.9. The number of piperidine rings is 1. The highest BCUT2D eigenvalue weighted by Crippen LogP contribution is 2.20. The maximum Gasteiger partial charge on any atom is 0.274 e. The number of aryl methyl sites for hydroxylation is 1. The zero-order valence-corrected chi connectivity index (χ0v) is 14.0. The van der Waals surface area contributed by atoms with Crippen molar-refractivity contribution in [3.05, 3.63) is 46.6 Å². The molecule has 0 N–H and O–H groups in total. The van der Waals surface area contributed by atoms with Crippen LogP contribution in [0.15, 0.2) is 35.4 Å². The minimum atomic E-state index is -0.167. The minimum Gasteiger partial charge on any atom is -0.332 e.